The van der Waals surface area contributed by atoms with Gasteiger partial charge in [0.1, 0.15) is 25.9 Å². The van der Waals surface area contributed by atoms with Crippen molar-refractivity contribution in [2.75, 3.05) is 47.5 Å². The van der Waals surface area contributed by atoms with Gasteiger partial charge in [0.15, 0.2) is 0 Å². The molecule has 0 aliphatic heterocycles. The molecule has 1 unspecified atom stereocenters. The minimum atomic E-state index is -4.24. The van der Waals surface area contributed by atoms with Crippen LogP contribution in [0.25, 0.3) is 0 Å². The number of quaternary nitrogens is 1. The number of phosphoric acid groups is 1. The van der Waals surface area contributed by atoms with Crippen LogP contribution in [0.1, 0.15) is 96.8 Å². The lowest BCUT2D eigenvalue weighted by atomic mass is 10.0. The molecule has 0 saturated heterocycles. The Kier molecular flexibility index (Phi) is 20.9. The molecular weight excluding hydrogens is 469 g/mol. The highest BCUT2D eigenvalue weighted by atomic mass is 31.2. The number of unbranched alkanes of at least 4 members (excludes halogenated alkanes) is 11. The van der Waals surface area contributed by atoms with Crippen LogP contribution >= 0.6 is 7.82 Å². The van der Waals surface area contributed by atoms with Crippen LogP contribution in [0.15, 0.2) is 12.2 Å². The van der Waals surface area contributed by atoms with E-state index in [9.17, 15) is 19.4 Å². The van der Waals surface area contributed by atoms with E-state index in [4.69, 9.17) is 13.8 Å². The van der Waals surface area contributed by atoms with Gasteiger partial charge in [-0.05, 0) is 25.7 Å². The Morgan fingerprint density at radius 1 is 0.857 bits per heavy atom. The highest BCUT2D eigenvalue weighted by molar-refractivity contribution is 7.47. The summed E-state index contributed by atoms with van der Waals surface area (Å²) in [6.07, 6.45) is 19.3. The smallest absolute Gasteiger partial charge is 0.463 e. The number of carbonyl (C=O) groups excluding carboxylic acids is 1. The summed E-state index contributed by atoms with van der Waals surface area (Å²) in [5, 5.41) is 9.82. The van der Waals surface area contributed by atoms with Crippen LogP contribution in [0.5, 0.6) is 0 Å². The van der Waals surface area contributed by atoms with E-state index in [0.29, 0.717) is 17.4 Å². The summed E-state index contributed by atoms with van der Waals surface area (Å²) >= 11 is 0. The largest absolute Gasteiger partial charge is 0.472 e. The SMILES string of the molecule is CC/C=C/CCCCCCCCCCCCCC(=O)OC[C@@H](O)COP(=O)(O)OCC[N+](C)(C)C. The van der Waals surface area contributed by atoms with Crippen molar-refractivity contribution in [2.24, 2.45) is 0 Å². The minimum Gasteiger partial charge on any atom is -0.463 e. The van der Waals surface area contributed by atoms with E-state index in [2.05, 4.69) is 19.1 Å². The predicted octanol–water partition coefficient (Wildman–Crippen LogP) is 5.77. The van der Waals surface area contributed by atoms with Gasteiger partial charge >= 0.3 is 13.8 Å². The number of hydrogen-bond donors (Lipinski definition) is 2. The molecule has 0 aromatic carbocycles. The van der Waals surface area contributed by atoms with Crippen LogP contribution in [-0.2, 0) is 23.1 Å². The van der Waals surface area contributed by atoms with Crippen molar-refractivity contribution in [2.45, 2.75) is 103 Å². The van der Waals surface area contributed by atoms with Gasteiger partial charge in [0.05, 0.1) is 27.7 Å². The minimum absolute atomic E-state index is 0.0553. The van der Waals surface area contributed by atoms with Crippen LogP contribution in [0.4, 0.5) is 0 Å². The van der Waals surface area contributed by atoms with Gasteiger partial charge in [-0.2, -0.15) is 0 Å². The van der Waals surface area contributed by atoms with Crippen molar-refractivity contribution in [1.29, 1.82) is 0 Å². The molecule has 0 amide bonds. The van der Waals surface area contributed by atoms with Gasteiger partial charge in [0.25, 0.3) is 0 Å². The molecule has 0 aromatic rings. The summed E-state index contributed by atoms with van der Waals surface area (Å²) in [5.74, 6) is -0.374. The molecule has 0 spiro atoms. The van der Waals surface area contributed by atoms with Gasteiger partial charge < -0.3 is 19.2 Å². The van der Waals surface area contributed by atoms with Gasteiger partial charge in [0, 0.05) is 6.42 Å². The first-order chi connectivity index (χ1) is 16.6. The molecule has 2 atom stereocenters. The van der Waals surface area contributed by atoms with Crippen molar-refractivity contribution in [3.05, 3.63) is 12.2 Å². The van der Waals surface area contributed by atoms with Crippen molar-refractivity contribution in [1.82, 2.24) is 0 Å². The average molecular weight is 523 g/mol. The Balaban J connectivity index is 3.55. The van der Waals surface area contributed by atoms with Gasteiger partial charge in [-0.3, -0.25) is 13.8 Å². The van der Waals surface area contributed by atoms with E-state index in [1.165, 1.54) is 57.8 Å². The van der Waals surface area contributed by atoms with Crippen molar-refractivity contribution < 1.29 is 37.6 Å². The Labute approximate surface area is 214 Å². The van der Waals surface area contributed by atoms with Gasteiger partial charge in [-0.1, -0.05) is 76.9 Å². The van der Waals surface area contributed by atoms with E-state index < -0.39 is 20.5 Å². The van der Waals surface area contributed by atoms with Gasteiger partial charge in [-0.25, -0.2) is 4.57 Å². The second-order valence-corrected chi connectivity index (χ2v) is 11.7. The summed E-state index contributed by atoms with van der Waals surface area (Å²) in [6.45, 7) is 2.05. The summed E-state index contributed by atoms with van der Waals surface area (Å²) in [6, 6.07) is 0. The lowest BCUT2D eigenvalue weighted by Gasteiger charge is -2.24. The fraction of sp³-hybridized carbons (Fsp3) is 0.885. The first kappa shape index (κ1) is 34.2. The highest BCUT2D eigenvalue weighted by Crippen LogP contribution is 2.43. The molecule has 0 aliphatic carbocycles. The number of carbonyl (C=O) groups is 1. The standard InChI is InChI=1S/C26H52NO7P/c1-5-6-7-8-9-10-11-12-13-14-15-16-17-18-19-20-26(29)32-23-25(28)24-34-35(30,31)33-22-21-27(2,3)4/h6-7,25,28H,5,8-24H2,1-4H3/p+1/b7-6+/t25-/m1/s1. The Bertz CT molecular complexity index is 593. The van der Waals surface area contributed by atoms with Crippen LogP contribution < -0.4 is 0 Å². The van der Waals surface area contributed by atoms with E-state index in [-0.39, 0.29) is 19.2 Å². The molecule has 2 N–H and O–H groups in total. The average Bonchev–Trinajstić information content (AvgIpc) is 2.78. The molecule has 0 aliphatic rings. The molecule has 0 rings (SSSR count). The van der Waals surface area contributed by atoms with Gasteiger partial charge in [0.2, 0.25) is 0 Å². The number of nitrogens with zero attached hydrogens (tertiary/aromatic N) is 1. The second-order valence-electron chi connectivity index (χ2n) is 10.3. The quantitative estimate of drug-likeness (QED) is 0.0546. The van der Waals surface area contributed by atoms with Gasteiger partial charge in [-0.15, -0.1) is 0 Å². The number of allylic oxidation sites excluding steroid dienone is 2. The molecule has 0 aromatic heterocycles. The molecule has 0 heterocycles. The van der Waals surface area contributed by atoms with Crippen LogP contribution in [0.3, 0.4) is 0 Å². The molecule has 0 bridgehead atoms. The number of rotatable bonds is 24. The number of aliphatic hydroxyl groups is 1. The van der Waals surface area contributed by atoms with Crippen LogP contribution in [0, 0.1) is 0 Å². The van der Waals surface area contributed by atoms with Crippen molar-refractivity contribution >= 4 is 13.8 Å². The molecule has 0 fully saturated rings. The summed E-state index contributed by atoms with van der Waals surface area (Å²) in [5.41, 5.74) is 0. The zero-order chi connectivity index (χ0) is 26.4. The lowest BCUT2D eigenvalue weighted by molar-refractivity contribution is -0.870. The third kappa shape index (κ3) is 26.1. The Hall–Kier alpha value is -0.760. The predicted molar refractivity (Wildman–Crippen MR) is 141 cm³/mol. The third-order valence-corrected chi connectivity index (χ3v) is 6.52. The summed E-state index contributed by atoms with van der Waals surface area (Å²) < 4.78 is 27.0. The number of aliphatic hydroxyl groups excluding tert-OH is 1. The Morgan fingerprint density at radius 2 is 1.40 bits per heavy atom. The number of likely N-dealkylation sites (N-methyl/N-ethyl adjacent to an activating group) is 1. The maximum Gasteiger partial charge on any atom is 0.472 e. The fourth-order valence-electron chi connectivity index (χ4n) is 3.36. The molecule has 35 heavy (non-hydrogen) atoms. The number of ether oxygens (including phenoxy) is 1. The van der Waals surface area contributed by atoms with E-state index in [1.807, 2.05) is 21.1 Å². The van der Waals surface area contributed by atoms with E-state index >= 15 is 0 Å². The maximum atomic E-state index is 11.8. The van der Waals surface area contributed by atoms with Crippen molar-refractivity contribution in [3.63, 3.8) is 0 Å². The second kappa shape index (κ2) is 21.3. The Morgan fingerprint density at radius 3 is 1.94 bits per heavy atom. The molecule has 8 nitrogen and oxygen atoms in total. The molecule has 0 radical (unpaired) electrons. The first-order valence-corrected chi connectivity index (χ1v) is 15.0. The topological polar surface area (TPSA) is 102 Å². The highest BCUT2D eigenvalue weighted by Gasteiger charge is 2.24. The summed E-state index contributed by atoms with van der Waals surface area (Å²) in [7, 11) is 1.56. The maximum absolute atomic E-state index is 11.8. The molecule has 0 saturated carbocycles. The van der Waals surface area contributed by atoms with E-state index in [0.717, 1.165) is 25.7 Å². The number of phosphoric ester groups is 1. The molecular formula is C26H53NO7P+. The fourth-order valence-corrected chi connectivity index (χ4v) is 4.11. The van der Waals surface area contributed by atoms with Crippen LogP contribution in [-0.4, -0.2) is 74.1 Å². The number of hydrogen-bond acceptors (Lipinski definition) is 6. The zero-order valence-electron chi connectivity index (χ0n) is 22.8. The molecule has 208 valence electrons. The lowest BCUT2D eigenvalue weighted by Crippen LogP contribution is -2.37. The third-order valence-electron chi connectivity index (χ3n) is 5.54. The monoisotopic (exact) mass is 522 g/mol. The number of esters is 1. The summed E-state index contributed by atoms with van der Waals surface area (Å²) in [4.78, 5) is 21.4. The van der Waals surface area contributed by atoms with E-state index in [1.54, 1.807) is 0 Å². The van der Waals surface area contributed by atoms with Crippen molar-refractivity contribution in [3.8, 4) is 0 Å². The van der Waals surface area contributed by atoms with Crippen LogP contribution in [0.2, 0.25) is 0 Å². The first-order valence-electron chi connectivity index (χ1n) is 13.5. The zero-order valence-corrected chi connectivity index (χ0v) is 23.7. The molecule has 9 heteroatoms. The normalized spacial score (nSPS) is 14.8.